The summed E-state index contributed by atoms with van der Waals surface area (Å²) in [6.07, 6.45) is 6.28. The molecule has 4 nitrogen and oxygen atoms in total. The van der Waals surface area contributed by atoms with Crippen LogP contribution >= 0.6 is 0 Å². The molecule has 4 heteroatoms. The number of carbonyl (C=O) groups excluding carboxylic acids is 1. The Morgan fingerprint density at radius 3 is 2.58 bits per heavy atom. The molecule has 2 fully saturated rings. The lowest BCUT2D eigenvalue weighted by molar-refractivity contribution is -0.143. The van der Waals surface area contributed by atoms with Crippen LogP contribution in [0.25, 0.3) is 0 Å². The van der Waals surface area contributed by atoms with Crippen LogP contribution < -0.4 is 0 Å². The van der Waals surface area contributed by atoms with E-state index in [1.807, 2.05) is 6.92 Å². The number of ether oxygens (including phenoxy) is 1. The molecule has 1 N–H and O–H groups in total. The van der Waals surface area contributed by atoms with Gasteiger partial charge >= 0.3 is 5.97 Å². The van der Waals surface area contributed by atoms with Gasteiger partial charge in [0.1, 0.15) is 0 Å². The summed E-state index contributed by atoms with van der Waals surface area (Å²) in [6.45, 7) is 5.99. The van der Waals surface area contributed by atoms with Gasteiger partial charge in [0.2, 0.25) is 0 Å². The van der Waals surface area contributed by atoms with E-state index in [-0.39, 0.29) is 11.4 Å². The van der Waals surface area contributed by atoms with Crippen LogP contribution in [-0.2, 0) is 9.53 Å². The van der Waals surface area contributed by atoms with E-state index in [0.717, 1.165) is 26.1 Å². The zero-order valence-electron chi connectivity index (χ0n) is 12.1. The van der Waals surface area contributed by atoms with Crippen molar-refractivity contribution < 1.29 is 14.6 Å². The highest BCUT2D eigenvalue weighted by molar-refractivity contribution is 5.69. The standard InChI is InChI=1S/C15H27NO3/c1-2-19-14(18)4-3-13-5-9-16(10-6-13)11-15(12-17)7-8-15/h13,17H,2-12H2,1H3. The van der Waals surface area contributed by atoms with Crippen LogP contribution in [0.3, 0.4) is 0 Å². The van der Waals surface area contributed by atoms with Crippen LogP contribution in [0.4, 0.5) is 0 Å². The molecule has 1 heterocycles. The predicted molar refractivity (Wildman–Crippen MR) is 73.8 cm³/mol. The van der Waals surface area contributed by atoms with Crippen molar-refractivity contribution in [2.24, 2.45) is 11.3 Å². The summed E-state index contributed by atoms with van der Waals surface area (Å²) < 4.78 is 4.97. The molecule has 110 valence electrons. The summed E-state index contributed by atoms with van der Waals surface area (Å²) in [5, 5.41) is 9.36. The van der Waals surface area contributed by atoms with E-state index < -0.39 is 0 Å². The van der Waals surface area contributed by atoms with Gasteiger partial charge in [0, 0.05) is 25.0 Å². The van der Waals surface area contributed by atoms with Gasteiger partial charge in [-0.2, -0.15) is 0 Å². The van der Waals surface area contributed by atoms with Crippen molar-refractivity contribution in [3.63, 3.8) is 0 Å². The van der Waals surface area contributed by atoms with Crippen LogP contribution in [0.15, 0.2) is 0 Å². The van der Waals surface area contributed by atoms with E-state index >= 15 is 0 Å². The quantitative estimate of drug-likeness (QED) is 0.716. The van der Waals surface area contributed by atoms with Gasteiger partial charge in [-0.25, -0.2) is 0 Å². The first-order valence-corrected chi connectivity index (χ1v) is 7.66. The first-order chi connectivity index (χ1) is 9.17. The van der Waals surface area contributed by atoms with Crippen molar-refractivity contribution in [1.82, 2.24) is 4.90 Å². The maximum atomic E-state index is 11.3. The first kappa shape index (κ1) is 14.8. The minimum absolute atomic E-state index is 0.0536. The highest BCUT2D eigenvalue weighted by Gasteiger charge is 2.43. The minimum Gasteiger partial charge on any atom is -0.466 e. The van der Waals surface area contributed by atoms with Crippen molar-refractivity contribution in [2.75, 3.05) is 32.8 Å². The second kappa shape index (κ2) is 6.71. The molecular formula is C15H27NO3. The van der Waals surface area contributed by atoms with Gasteiger partial charge in [0.05, 0.1) is 6.61 Å². The molecule has 0 unspecified atom stereocenters. The maximum absolute atomic E-state index is 11.3. The van der Waals surface area contributed by atoms with E-state index in [1.165, 1.54) is 25.7 Å². The molecule has 0 radical (unpaired) electrons. The fourth-order valence-electron chi connectivity index (χ4n) is 3.01. The third-order valence-electron chi connectivity index (χ3n) is 4.62. The van der Waals surface area contributed by atoms with Gasteiger partial charge in [0.15, 0.2) is 0 Å². The molecular weight excluding hydrogens is 242 g/mol. The highest BCUT2D eigenvalue weighted by atomic mass is 16.5. The molecule has 2 rings (SSSR count). The molecule has 2 aliphatic rings. The van der Waals surface area contributed by atoms with Crippen molar-refractivity contribution >= 4 is 5.97 Å². The Kier molecular flexibility index (Phi) is 5.22. The Balaban J connectivity index is 1.61. The molecule has 0 bridgehead atoms. The normalized spacial score (nSPS) is 23.3. The number of hydrogen-bond donors (Lipinski definition) is 1. The molecule has 0 spiro atoms. The lowest BCUT2D eigenvalue weighted by Crippen LogP contribution is -2.38. The van der Waals surface area contributed by atoms with Crippen molar-refractivity contribution in [3.05, 3.63) is 0 Å². The molecule has 1 aliphatic heterocycles. The number of carbonyl (C=O) groups is 1. The number of nitrogens with zero attached hydrogens (tertiary/aromatic N) is 1. The smallest absolute Gasteiger partial charge is 0.305 e. The van der Waals surface area contributed by atoms with Crippen LogP contribution in [0.2, 0.25) is 0 Å². The van der Waals surface area contributed by atoms with E-state index in [1.54, 1.807) is 0 Å². The highest BCUT2D eigenvalue weighted by Crippen LogP contribution is 2.46. The van der Waals surface area contributed by atoms with Crippen LogP contribution in [0.1, 0.15) is 45.4 Å². The summed E-state index contributed by atoms with van der Waals surface area (Å²) in [5.74, 6) is 0.618. The number of piperidine rings is 1. The van der Waals surface area contributed by atoms with E-state index in [2.05, 4.69) is 4.90 Å². The molecule has 0 amide bonds. The van der Waals surface area contributed by atoms with Gasteiger partial charge in [-0.1, -0.05) is 0 Å². The third kappa shape index (κ3) is 4.46. The number of hydrogen-bond acceptors (Lipinski definition) is 4. The molecule has 0 aromatic heterocycles. The Morgan fingerprint density at radius 2 is 2.05 bits per heavy atom. The van der Waals surface area contributed by atoms with Crippen molar-refractivity contribution in [1.29, 1.82) is 0 Å². The lowest BCUT2D eigenvalue weighted by atomic mass is 9.91. The van der Waals surface area contributed by atoms with Gasteiger partial charge in [-0.05, 0) is 58.0 Å². The van der Waals surface area contributed by atoms with Crippen LogP contribution in [0, 0.1) is 11.3 Å². The summed E-state index contributed by atoms with van der Waals surface area (Å²) in [4.78, 5) is 13.8. The van der Waals surface area contributed by atoms with E-state index in [0.29, 0.717) is 25.6 Å². The summed E-state index contributed by atoms with van der Waals surface area (Å²) in [5.41, 5.74) is 0.234. The largest absolute Gasteiger partial charge is 0.466 e. The second-order valence-electron chi connectivity index (χ2n) is 6.22. The van der Waals surface area contributed by atoms with E-state index in [9.17, 15) is 9.90 Å². The molecule has 0 aromatic rings. The topological polar surface area (TPSA) is 49.8 Å². The molecule has 0 aromatic carbocycles. The Hall–Kier alpha value is -0.610. The number of likely N-dealkylation sites (tertiary alicyclic amines) is 1. The van der Waals surface area contributed by atoms with Crippen molar-refractivity contribution in [2.45, 2.75) is 45.4 Å². The number of aliphatic hydroxyl groups is 1. The monoisotopic (exact) mass is 269 g/mol. The predicted octanol–water partition coefficient (Wildman–Crippen LogP) is 1.81. The van der Waals surface area contributed by atoms with Crippen molar-refractivity contribution in [3.8, 4) is 0 Å². The second-order valence-corrected chi connectivity index (χ2v) is 6.22. The molecule has 1 saturated heterocycles. The van der Waals surface area contributed by atoms with Crippen LogP contribution in [-0.4, -0.2) is 48.8 Å². The number of aliphatic hydroxyl groups excluding tert-OH is 1. The third-order valence-corrected chi connectivity index (χ3v) is 4.62. The Bertz CT molecular complexity index is 294. The van der Waals surface area contributed by atoms with Gasteiger partial charge < -0.3 is 14.7 Å². The minimum atomic E-state index is -0.0536. The average Bonchev–Trinajstić information content (AvgIpc) is 3.19. The summed E-state index contributed by atoms with van der Waals surface area (Å²) in [6, 6.07) is 0. The molecule has 19 heavy (non-hydrogen) atoms. The first-order valence-electron chi connectivity index (χ1n) is 7.66. The zero-order chi connectivity index (χ0) is 13.7. The zero-order valence-corrected chi connectivity index (χ0v) is 12.1. The average molecular weight is 269 g/mol. The Labute approximate surface area is 116 Å². The van der Waals surface area contributed by atoms with Crippen LogP contribution in [0.5, 0.6) is 0 Å². The number of esters is 1. The van der Waals surface area contributed by atoms with E-state index in [4.69, 9.17) is 4.74 Å². The molecule has 1 aliphatic carbocycles. The summed E-state index contributed by atoms with van der Waals surface area (Å²) in [7, 11) is 0. The summed E-state index contributed by atoms with van der Waals surface area (Å²) >= 11 is 0. The maximum Gasteiger partial charge on any atom is 0.305 e. The fraction of sp³-hybridized carbons (Fsp3) is 0.933. The van der Waals surface area contributed by atoms with Gasteiger partial charge in [-0.3, -0.25) is 4.79 Å². The number of rotatable bonds is 7. The van der Waals surface area contributed by atoms with Gasteiger partial charge in [-0.15, -0.1) is 0 Å². The SMILES string of the molecule is CCOC(=O)CCC1CCN(CC2(CO)CC2)CC1. The Morgan fingerprint density at radius 1 is 1.37 bits per heavy atom. The molecule has 0 atom stereocenters. The van der Waals surface area contributed by atoms with Gasteiger partial charge in [0.25, 0.3) is 0 Å². The lowest BCUT2D eigenvalue weighted by Gasteiger charge is -2.34. The fourth-order valence-corrected chi connectivity index (χ4v) is 3.01. The molecule has 1 saturated carbocycles.